The second-order valence-electron chi connectivity index (χ2n) is 7.08. The number of anilines is 1. The fourth-order valence-corrected chi connectivity index (χ4v) is 4.23. The summed E-state index contributed by atoms with van der Waals surface area (Å²) in [5, 5.41) is 7.33. The largest absolute Gasteiger partial charge is 0.383 e. The van der Waals surface area contributed by atoms with Crippen LogP contribution in [0.4, 0.5) is 5.69 Å². The van der Waals surface area contributed by atoms with Crippen LogP contribution in [-0.2, 0) is 4.74 Å². The molecular formula is C22H23ClN2O2. The first kappa shape index (κ1) is 18.1. The highest BCUT2D eigenvalue weighted by atomic mass is 35.5. The van der Waals surface area contributed by atoms with Crippen LogP contribution in [0.5, 0.6) is 0 Å². The smallest absolute Gasteiger partial charge is 0.251 e. The van der Waals surface area contributed by atoms with E-state index in [1.165, 1.54) is 11.1 Å². The van der Waals surface area contributed by atoms with Crippen molar-refractivity contribution in [1.29, 1.82) is 0 Å². The Morgan fingerprint density at radius 3 is 2.85 bits per heavy atom. The van der Waals surface area contributed by atoms with Crippen LogP contribution in [0.2, 0.25) is 5.02 Å². The molecule has 0 radical (unpaired) electrons. The van der Waals surface area contributed by atoms with Crippen LogP contribution in [0.25, 0.3) is 0 Å². The molecule has 0 fully saturated rings. The molecule has 1 heterocycles. The lowest BCUT2D eigenvalue weighted by molar-refractivity contribution is 0.0937. The third-order valence-electron chi connectivity index (χ3n) is 5.45. The molecule has 0 saturated carbocycles. The van der Waals surface area contributed by atoms with Crippen LogP contribution in [0, 0.1) is 5.92 Å². The molecule has 140 valence electrons. The van der Waals surface area contributed by atoms with Crippen LogP contribution >= 0.6 is 11.6 Å². The van der Waals surface area contributed by atoms with Gasteiger partial charge >= 0.3 is 0 Å². The fraction of sp³-hybridized carbons (Fsp3) is 0.318. The number of fused-ring (bicyclic) bond motifs is 3. The number of halogens is 1. The second-order valence-corrected chi connectivity index (χ2v) is 7.51. The Balaban J connectivity index is 1.61. The number of ether oxygens (including phenoxy) is 1. The van der Waals surface area contributed by atoms with E-state index in [2.05, 4.69) is 34.9 Å². The first-order valence-corrected chi connectivity index (χ1v) is 9.65. The summed E-state index contributed by atoms with van der Waals surface area (Å²) in [5.74, 6) is 0.687. The van der Waals surface area contributed by atoms with Crippen molar-refractivity contribution in [1.82, 2.24) is 5.32 Å². The highest BCUT2D eigenvalue weighted by molar-refractivity contribution is 6.30. The Kier molecular flexibility index (Phi) is 5.19. The third-order valence-corrected chi connectivity index (χ3v) is 5.70. The van der Waals surface area contributed by atoms with Crippen LogP contribution in [0.15, 0.2) is 54.6 Å². The van der Waals surface area contributed by atoms with Gasteiger partial charge in [-0.25, -0.2) is 0 Å². The molecule has 2 N–H and O–H groups in total. The highest BCUT2D eigenvalue weighted by Crippen LogP contribution is 2.49. The fourth-order valence-electron chi connectivity index (χ4n) is 4.10. The number of allylic oxidation sites excluding steroid dienone is 2. The summed E-state index contributed by atoms with van der Waals surface area (Å²) in [6.07, 6.45) is 5.55. The number of rotatable bonds is 5. The van der Waals surface area contributed by atoms with Crippen LogP contribution in [0.1, 0.15) is 39.9 Å². The Hall–Kier alpha value is -2.30. The van der Waals surface area contributed by atoms with Gasteiger partial charge in [0.2, 0.25) is 0 Å². The first-order valence-electron chi connectivity index (χ1n) is 9.27. The van der Waals surface area contributed by atoms with Gasteiger partial charge < -0.3 is 15.4 Å². The van der Waals surface area contributed by atoms with Crippen molar-refractivity contribution in [3.63, 3.8) is 0 Å². The molecule has 0 aromatic heterocycles. The summed E-state index contributed by atoms with van der Waals surface area (Å²) < 4.78 is 4.99. The number of carbonyl (C=O) groups excluding carboxylic acids is 1. The van der Waals surface area contributed by atoms with E-state index in [1.54, 1.807) is 7.11 Å². The molecular weight excluding hydrogens is 360 g/mol. The SMILES string of the molecule is COCCNC(=O)c1ccc2c(c1)[C@@H]1C=CC[C@H]1[C@H](c1ccc(Cl)cc1)N2. The summed E-state index contributed by atoms with van der Waals surface area (Å²) in [4.78, 5) is 12.4. The normalized spacial score (nSPS) is 22.7. The average molecular weight is 383 g/mol. The zero-order valence-electron chi connectivity index (χ0n) is 15.2. The van der Waals surface area contributed by atoms with Crippen molar-refractivity contribution in [2.75, 3.05) is 25.6 Å². The Bertz CT molecular complexity index is 863. The van der Waals surface area contributed by atoms with E-state index in [1.807, 2.05) is 30.3 Å². The maximum atomic E-state index is 12.4. The predicted octanol–water partition coefficient (Wildman–Crippen LogP) is 4.54. The number of nitrogens with one attached hydrogen (secondary N) is 2. The lowest BCUT2D eigenvalue weighted by atomic mass is 9.76. The quantitative estimate of drug-likeness (QED) is 0.589. The monoisotopic (exact) mass is 382 g/mol. The van der Waals surface area contributed by atoms with E-state index in [-0.39, 0.29) is 11.9 Å². The van der Waals surface area contributed by atoms with Crippen molar-refractivity contribution in [3.8, 4) is 0 Å². The van der Waals surface area contributed by atoms with Gasteiger partial charge in [0.15, 0.2) is 0 Å². The maximum Gasteiger partial charge on any atom is 0.251 e. The Morgan fingerprint density at radius 2 is 2.07 bits per heavy atom. The molecule has 0 spiro atoms. The molecule has 1 aliphatic heterocycles. The molecule has 0 saturated heterocycles. The van der Waals surface area contributed by atoms with Crippen molar-refractivity contribution in [2.24, 2.45) is 5.92 Å². The minimum absolute atomic E-state index is 0.0619. The topological polar surface area (TPSA) is 50.4 Å². The van der Waals surface area contributed by atoms with Crippen molar-refractivity contribution < 1.29 is 9.53 Å². The van der Waals surface area contributed by atoms with Gasteiger partial charge in [0.05, 0.1) is 12.6 Å². The third kappa shape index (κ3) is 3.60. The van der Waals surface area contributed by atoms with Gasteiger partial charge in [-0.05, 0) is 53.8 Å². The minimum Gasteiger partial charge on any atom is -0.383 e. The molecule has 2 aliphatic rings. The first-order chi connectivity index (χ1) is 13.2. The molecule has 0 unspecified atom stereocenters. The van der Waals surface area contributed by atoms with Gasteiger partial charge in [-0.15, -0.1) is 0 Å². The minimum atomic E-state index is -0.0619. The van der Waals surface area contributed by atoms with Crippen molar-refractivity contribution in [2.45, 2.75) is 18.4 Å². The predicted molar refractivity (Wildman–Crippen MR) is 108 cm³/mol. The molecule has 2 aromatic carbocycles. The lowest BCUT2D eigenvalue weighted by Gasteiger charge is -2.37. The number of carbonyl (C=O) groups is 1. The molecule has 3 atom stereocenters. The summed E-state index contributed by atoms with van der Waals surface area (Å²) >= 11 is 6.06. The summed E-state index contributed by atoms with van der Waals surface area (Å²) in [6.45, 7) is 1.02. The van der Waals surface area contributed by atoms with Crippen molar-refractivity contribution >= 4 is 23.2 Å². The molecule has 2 aromatic rings. The number of hydrogen-bond donors (Lipinski definition) is 2. The summed E-state index contributed by atoms with van der Waals surface area (Å²) in [6, 6.07) is 14.2. The molecule has 1 aliphatic carbocycles. The van der Waals surface area contributed by atoms with E-state index in [4.69, 9.17) is 16.3 Å². The number of methoxy groups -OCH3 is 1. The van der Waals surface area contributed by atoms with Crippen LogP contribution in [-0.4, -0.2) is 26.2 Å². The Morgan fingerprint density at radius 1 is 1.26 bits per heavy atom. The summed E-state index contributed by atoms with van der Waals surface area (Å²) in [5.41, 5.74) is 4.22. The number of amides is 1. The molecule has 1 amide bonds. The van der Waals surface area contributed by atoms with Crippen LogP contribution < -0.4 is 10.6 Å². The Labute approximate surface area is 164 Å². The maximum absolute atomic E-state index is 12.4. The molecule has 27 heavy (non-hydrogen) atoms. The zero-order valence-corrected chi connectivity index (χ0v) is 16.0. The second kappa shape index (κ2) is 7.75. The van der Waals surface area contributed by atoms with Gasteiger partial charge in [-0.3, -0.25) is 4.79 Å². The number of benzene rings is 2. The van der Waals surface area contributed by atoms with Gasteiger partial charge in [-0.2, -0.15) is 0 Å². The molecule has 0 bridgehead atoms. The highest BCUT2D eigenvalue weighted by Gasteiger charge is 2.38. The van der Waals surface area contributed by atoms with E-state index in [9.17, 15) is 4.79 Å². The van der Waals surface area contributed by atoms with Gasteiger partial charge in [-0.1, -0.05) is 35.9 Å². The number of hydrogen-bond acceptors (Lipinski definition) is 3. The lowest BCUT2D eigenvalue weighted by Crippen LogP contribution is -2.30. The molecule has 4 rings (SSSR count). The van der Waals surface area contributed by atoms with Gasteiger partial charge in [0.25, 0.3) is 5.91 Å². The summed E-state index contributed by atoms with van der Waals surface area (Å²) in [7, 11) is 1.63. The zero-order chi connectivity index (χ0) is 18.8. The average Bonchev–Trinajstić information content (AvgIpc) is 3.18. The standard InChI is InChI=1S/C22H23ClN2O2/c1-27-12-11-24-22(26)15-7-10-20-19(13-15)17-3-2-4-18(17)21(25-20)14-5-8-16(23)9-6-14/h2-3,5-10,13,17-18,21,25H,4,11-12H2,1H3,(H,24,26)/t17-,18-,21+/m1/s1. The van der Waals surface area contributed by atoms with E-state index in [0.29, 0.717) is 30.6 Å². The molecule has 5 heteroatoms. The van der Waals surface area contributed by atoms with Gasteiger partial charge in [0.1, 0.15) is 0 Å². The molecule has 4 nitrogen and oxygen atoms in total. The van der Waals surface area contributed by atoms with E-state index >= 15 is 0 Å². The van der Waals surface area contributed by atoms with E-state index < -0.39 is 0 Å². The van der Waals surface area contributed by atoms with Gasteiger partial charge in [0, 0.05) is 35.8 Å². The van der Waals surface area contributed by atoms with Crippen LogP contribution in [0.3, 0.4) is 0 Å². The van der Waals surface area contributed by atoms with E-state index in [0.717, 1.165) is 17.1 Å². The van der Waals surface area contributed by atoms with Crippen molar-refractivity contribution in [3.05, 3.63) is 76.3 Å².